The molecule has 3 aromatic carbocycles. The molecule has 33 heavy (non-hydrogen) atoms. The summed E-state index contributed by atoms with van der Waals surface area (Å²) in [6.45, 7) is 2.59. The third-order valence-corrected chi connectivity index (χ3v) is 5.98. The molecule has 0 aliphatic rings. The molecule has 1 heterocycles. The lowest BCUT2D eigenvalue weighted by molar-refractivity contribution is 0.0697. The van der Waals surface area contributed by atoms with Gasteiger partial charge in [-0.15, -0.1) is 0 Å². The second kappa shape index (κ2) is 9.84. The van der Waals surface area contributed by atoms with Gasteiger partial charge in [0.05, 0.1) is 17.7 Å². The minimum atomic E-state index is -0.950. The number of aliphatic hydroxyl groups excluding tert-OH is 1. The van der Waals surface area contributed by atoms with Gasteiger partial charge in [-0.05, 0) is 53.3 Å². The molecular formula is C28H27NO4. The van der Waals surface area contributed by atoms with Gasteiger partial charge in [-0.25, -0.2) is 4.79 Å². The number of hydrogen-bond donors (Lipinski definition) is 2. The molecule has 0 bridgehead atoms. The molecule has 0 saturated heterocycles. The van der Waals surface area contributed by atoms with Crippen molar-refractivity contribution < 1.29 is 15.0 Å². The number of unbranched alkanes of at least 4 members (excludes halogenated alkanes) is 1. The molecule has 1 aromatic heterocycles. The first-order chi connectivity index (χ1) is 16.0. The van der Waals surface area contributed by atoms with Crippen LogP contribution in [0.4, 0.5) is 0 Å². The Morgan fingerprint density at radius 1 is 0.970 bits per heavy atom. The van der Waals surface area contributed by atoms with Crippen molar-refractivity contribution in [3.05, 3.63) is 105 Å². The predicted octanol–water partition coefficient (Wildman–Crippen LogP) is 5.25. The van der Waals surface area contributed by atoms with Crippen molar-refractivity contribution in [2.45, 2.75) is 39.3 Å². The van der Waals surface area contributed by atoms with Gasteiger partial charge in [-0.3, -0.25) is 4.79 Å². The van der Waals surface area contributed by atoms with Gasteiger partial charge in [0.25, 0.3) is 0 Å². The summed E-state index contributed by atoms with van der Waals surface area (Å²) in [4.78, 5) is 24.6. The van der Waals surface area contributed by atoms with Gasteiger partial charge < -0.3 is 14.8 Å². The number of hydrogen-bond acceptors (Lipinski definition) is 3. The number of aliphatic hydroxyl groups is 1. The van der Waals surface area contributed by atoms with E-state index in [1.54, 1.807) is 24.3 Å². The average Bonchev–Trinajstić information content (AvgIpc) is 2.85. The molecule has 0 aliphatic carbocycles. The van der Waals surface area contributed by atoms with Crippen molar-refractivity contribution in [2.24, 2.45) is 0 Å². The maximum absolute atomic E-state index is 13.0. The van der Waals surface area contributed by atoms with E-state index < -0.39 is 5.97 Å². The largest absolute Gasteiger partial charge is 0.478 e. The Labute approximate surface area is 192 Å². The summed E-state index contributed by atoms with van der Waals surface area (Å²) in [5, 5.41) is 19.7. The fraction of sp³-hybridized carbons (Fsp3) is 0.214. The van der Waals surface area contributed by atoms with Gasteiger partial charge >= 0.3 is 5.97 Å². The molecule has 0 aliphatic heterocycles. The monoisotopic (exact) mass is 441 g/mol. The van der Waals surface area contributed by atoms with Crippen LogP contribution in [0.2, 0.25) is 0 Å². The second-order valence-corrected chi connectivity index (χ2v) is 8.27. The highest BCUT2D eigenvalue weighted by molar-refractivity contribution is 5.96. The number of carbonyl (C=O) groups is 1. The average molecular weight is 442 g/mol. The number of carboxylic acids is 1. The number of rotatable bonds is 8. The van der Waals surface area contributed by atoms with E-state index in [9.17, 15) is 19.8 Å². The van der Waals surface area contributed by atoms with E-state index in [4.69, 9.17) is 0 Å². The predicted molar refractivity (Wildman–Crippen MR) is 131 cm³/mol. The van der Waals surface area contributed by atoms with Crippen LogP contribution in [-0.2, 0) is 19.6 Å². The van der Waals surface area contributed by atoms with Crippen molar-refractivity contribution in [3.8, 4) is 11.1 Å². The van der Waals surface area contributed by atoms with Crippen molar-refractivity contribution in [1.82, 2.24) is 4.57 Å². The molecule has 4 rings (SSSR count). The van der Waals surface area contributed by atoms with Crippen LogP contribution in [-0.4, -0.2) is 20.7 Å². The van der Waals surface area contributed by atoms with E-state index in [-0.39, 0.29) is 17.6 Å². The van der Waals surface area contributed by atoms with Gasteiger partial charge in [0.15, 0.2) is 5.43 Å². The molecular weight excluding hydrogens is 414 g/mol. The molecule has 168 valence electrons. The van der Waals surface area contributed by atoms with Gasteiger partial charge in [0, 0.05) is 23.7 Å². The van der Waals surface area contributed by atoms with Gasteiger partial charge in [-0.1, -0.05) is 61.9 Å². The normalized spacial score (nSPS) is 11.1. The lowest BCUT2D eigenvalue weighted by Gasteiger charge is -2.15. The second-order valence-electron chi connectivity index (χ2n) is 8.27. The maximum atomic E-state index is 13.0. The third-order valence-electron chi connectivity index (χ3n) is 5.98. The summed E-state index contributed by atoms with van der Waals surface area (Å²) in [5.74, 6) is -0.950. The lowest BCUT2D eigenvalue weighted by atomic mass is 9.98. The van der Waals surface area contributed by atoms with Crippen LogP contribution in [0.5, 0.6) is 0 Å². The van der Waals surface area contributed by atoms with E-state index in [1.165, 1.54) is 0 Å². The molecule has 5 nitrogen and oxygen atoms in total. The zero-order chi connectivity index (χ0) is 23.4. The molecule has 0 radical (unpaired) electrons. The number of carboxylic acid groups (broad SMARTS) is 1. The molecule has 0 amide bonds. The fourth-order valence-corrected chi connectivity index (χ4v) is 4.18. The summed E-state index contributed by atoms with van der Waals surface area (Å²) in [5.41, 5.74) is 5.24. The van der Waals surface area contributed by atoms with Crippen LogP contribution in [0.3, 0.4) is 0 Å². The molecule has 4 aromatic rings. The van der Waals surface area contributed by atoms with Crippen molar-refractivity contribution in [1.29, 1.82) is 0 Å². The summed E-state index contributed by atoms with van der Waals surface area (Å²) in [7, 11) is 0. The quantitative estimate of drug-likeness (QED) is 0.391. The van der Waals surface area contributed by atoms with Gasteiger partial charge in [0.2, 0.25) is 0 Å². The molecule has 0 atom stereocenters. The highest BCUT2D eigenvalue weighted by atomic mass is 16.4. The first kappa shape index (κ1) is 22.5. The zero-order valence-corrected chi connectivity index (χ0v) is 18.6. The summed E-state index contributed by atoms with van der Waals surface area (Å²) >= 11 is 0. The van der Waals surface area contributed by atoms with Crippen LogP contribution in [0.25, 0.3) is 22.0 Å². The molecule has 0 saturated carbocycles. The summed E-state index contributed by atoms with van der Waals surface area (Å²) in [6.07, 6.45) is 4.64. The van der Waals surface area contributed by atoms with Crippen LogP contribution >= 0.6 is 0 Å². The van der Waals surface area contributed by atoms with Gasteiger partial charge in [0.1, 0.15) is 0 Å². The Balaban J connectivity index is 1.73. The highest BCUT2D eigenvalue weighted by Crippen LogP contribution is 2.25. The Kier molecular flexibility index (Phi) is 6.71. The molecule has 2 N–H and O–H groups in total. The first-order valence-electron chi connectivity index (χ1n) is 11.2. The van der Waals surface area contributed by atoms with Crippen LogP contribution in [0, 0.1) is 0 Å². The fourth-order valence-electron chi connectivity index (χ4n) is 4.18. The van der Waals surface area contributed by atoms with Crippen molar-refractivity contribution in [3.63, 3.8) is 0 Å². The van der Waals surface area contributed by atoms with Crippen molar-refractivity contribution in [2.75, 3.05) is 0 Å². The zero-order valence-electron chi connectivity index (χ0n) is 18.6. The number of aromatic nitrogens is 1. The number of aromatic carboxylic acids is 1. The Hall–Kier alpha value is -3.70. The highest BCUT2D eigenvalue weighted by Gasteiger charge is 2.12. The minimum Gasteiger partial charge on any atom is -0.478 e. The smallest absolute Gasteiger partial charge is 0.336 e. The van der Waals surface area contributed by atoms with E-state index in [2.05, 4.69) is 11.5 Å². The Bertz CT molecular complexity index is 1350. The van der Waals surface area contributed by atoms with E-state index in [0.717, 1.165) is 47.0 Å². The summed E-state index contributed by atoms with van der Waals surface area (Å²) in [6, 6.07) is 20.3. The lowest BCUT2D eigenvalue weighted by Crippen LogP contribution is -2.16. The SMILES string of the molecule is CCCCc1cn(Cc2ccc(-c3ccccc3C(=O)O)cc2)c2cc(CO)ccc2c1=O. The number of benzene rings is 3. The van der Waals surface area contributed by atoms with E-state index in [0.29, 0.717) is 17.5 Å². The molecule has 0 unspecified atom stereocenters. The first-order valence-corrected chi connectivity index (χ1v) is 11.2. The number of nitrogens with zero attached hydrogens (tertiary/aromatic N) is 1. The van der Waals surface area contributed by atoms with E-state index in [1.807, 2.05) is 48.7 Å². The van der Waals surface area contributed by atoms with Gasteiger partial charge in [-0.2, -0.15) is 0 Å². The van der Waals surface area contributed by atoms with Crippen LogP contribution in [0.15, 0.2) is 77.7 Å². The topological polar surface area (TPSA) is 79.5 Å². The Morgan fingerprint density at radius 3 is 2.39 bits per heavy atom. The van der Waals surface area contributed by atoms with Crippen LogP contribution < -0.4 is 5.43 Å². The number of aryl methyl sites for hydroxylation is 1. The number of fused-ring (bicyclic) bond motifs is 1. The van der Waals surface area contributed by atoms with Crippen LogP contribution in [0.1, 0.15) is 46.8 Å². The minimum absolute atomic E-state index is 0.0554. The van der Waals surface area contributed by atoms with Crippen molar-refractivity contribution >= 4 is 16.9 Å². The third kappa shape index (κ3) is 4.73. The van der Waals surface area contributed by atoms with E-state index >= 15 is 0 Å². The molecule has 0 fully saturated rings. The molecule has 5 heteroatoms. The standard InChI is InChI=1S/C28H27NO4/c1-2-3-6-22-17-29(26-15-20(18-30)11-14-25(26)27(22)31)16-19-9-12-21(13-10-19)23-7-4-5-8-24(23)28(32)33/h4-5,7-15,17,30H,2-3,6,16,18H2,1H3,(H,32,33). The number of pyridine rings is 1. The summed E-state index contributed by atoms with van der Waals surface area (Å²) < 4.78 is 2.07. The Morgan fingerprint density at radius 2 is 1.70 bits per heavy atom. The maximum Gasteiger partial charge on any atom is 0.336 e. The molecule has 0 spiro atoms.